The zero-order chi connectivity index (χ0) is 24.3. The molecule has 0 fully saturated rings. The van der Waals surface area contributed by atoms with Gasteiger partial charge in [0.1, 0.15) is 0 Å². The van der Waals surface area contributed by atoms with E-state index < -0.39 is 0 Å². The lowest BCUT2D eigenvalue weighted by atomic mass is 9.86. The molecule has 4 aromatic carbocycles. The van der Waals surface area contributed by atoms with Crippen LogP contribution in [0.2, 0.25) is 0 Å². The van der Waals surface area contributed by atoms with Gasteiger partial charge in [0.05, 0.1) is 0 Å². The Bertz CT molecular complexity index is 1230. The Balaban J connectivity index is 1.96. The van der Waals surface area contributed by atoms with E-state index in [-0.39, 0.29) is 11.1 Å². The molecule has 0 spiro atoms. The zero-order valence-corrected chi connectivity index (χ0v) is 21.2. The minimum absolute atomic E-state index is 0.0253. The second-order valence-electron chi connectivity index (χ2n) is 11.0. The lowest BCUT2D eigenvalue weighted by molar-refractivity contribution is 0.634. The molecule has 0 saturated heterocycles. The Hall–Kier alpha value is -3.52. The highest BCUT2D eigenvalue weighted by Gasteiger charge is 2.21. The number of benzene rings is 4. The average Bonchev–Trinajstić information content (AvgIpc) is 2.78. The van der Waals surface area contributed by atoms with Crippen molar-refractivity contribution in [2.24, 2.45) is 0 Å². The molecule has 0 aliphatic rings. The first kappa shape index (κ1) is 23.6. The third-order valence-electron chi connectivity index (χ3n) is 5.56. The molecule has 0 bridgehead atoms. The number of nitrogens with one attached hydrogen (secondary N) is 2. The third-order valence-corrected chi connectivity index (χ3v) is 5.56. The summed E-state index contributed by atoms with van der Waals surface area (Å²) in [4.78, 5) is 0. The van der Waals surface area contributed by atoms with Gasteiger partial charge < -0.3 is 10.6 Å². The minimum atomic E-state index is -0.0563. The highest BCUT2D eigenvalue weighted by molar-refractivity contribution is 6.00. The normalized spacial score (nSPS) is 11.8. The van der Waals surface area contributed by atoms with Gasteiger partial charge in [0, 0.05) is 28.0 Å². The average molecular weight is 449 g/mol. The molecule has 0 amide bonds. The van der Waals surface area contributed by atoms with E-state index in [1.807, 2.05) is 0 Å². The van der Waals surface area contributed by atoms with Gasteiger partial charge in [-0.2, -0.15) is 0 Å². The van der Waals surface area contributed by atoms with Crippen LogP contribution >= 0.6 is 0 Å². The number of anilines is 2. The van der Waals surface area contributed by atoms with Crippen molar-refractivity contribution < 1.29 is 0 Å². The molecule has 0 saturated carbocycles. The summed E-state index contributed by atoms with van der Waals surface area (Å²) in [5.41, 5.74) is 9.58. The molecule has 0 radical (unpaired) electrons. The Morgan fingerprint density at radius 3 is 1.44 bits per heavy atom. The van der Waals surface area contributed by atoms with Crippen molar-refractivity contribution >= 4 is 11.4 Å². The summed E-state index contributed by atoms with van der Waals surface area (Å²) in [6, 6.07) is 34.8. The Labute approximate surface area is 205 Å². The first-order chi connectivity index (χ1) is 16.1. The molecular weight excluding hydrogens is 412 g/mol. The molecule has 2 N–H and O–H groups in total. The van der Waals surface area contributed by atoms with Gasteiger partial charge in [-0.3, -0.25) is 0 Å². The summed E-state index contributed by atoms with van der Waals surface area (Å²) < 4.78 is 0. The second-order valence-corrected chi connectivity index (χ2v) is 11.0. The smallest absolute Gasteiger partial charge is 0.0430 e. The zero-order valence-electron chi connectivity index (χ0n) is 21.2. The molecule has 0 aliphatic heterocycles. The largest absolute Gasteiger partial charge is 0.380 e. The Morgan fingerprint density at radius 1 is 0.441 bits per heavy atom. The van der Waals surface area contributed by atoms with Crippen LogP contribution in [-0.2, 0) is 0 Å². The molecule has 0 atom stereocenters. The van der Waals surface area contributed by atoms with E-state index in [0.717, 1.165) is 11.4 Å². The molecule has 0 aliphatic carbocycles. The molecule has 2 nitrogen and oxygen atoms in total. The molecular formula is C32H36N2. The van der Waals surface area contributed by atoms with E-state index in [1.165, 1.54) is 33.4 Å². The molecule has 0 aromatic heterocycles. The highest BCUT2D eigenvalue weighted by atomic mass is 15.0. The van der Waals surface area contributed by atoms with E-state index in [1.54, 1.807) is 0 Å². The topological polar surface area (TPSA) is 24.1 Å². The van der Waals surface area contributed by atoms with E-state index in [4.69, 9.17) is 0 Å². The van der Waals surface area contributed by atoms with Gasteiger partial charge in [0.2, 0.25) is 0 Å². The molecule has 174 valence electrons. The monoisotopic (exact) mass is 448 g/mol. The standard InChI is InChI=1S/C32H36N2/c1-31(2,3)33-26-19-17-23(18-20-26)27-21-22-28(34-32(4,5)6)30(25-15-11-8-12-16-25)29(27)24-13-9-7-10-14-24/h7-22,33-34H,1-6H3. The van der Waals surface area contributed by atoms with Crippen LogP contribution in [0.4, 0.5) is 11.4 Å². The van der Waals surface area contributed by atoms with Crippen LogP contribution in [0.25, 0.3) is 33.4 Å². The fourth-order valence-corrected chi connectivity index (χ4v) is 4.33. The van der Waals surface area contributed by atoms with Gasteiger partial charge in [0.25, 0.3) is 0 Å². The first-order valence-corrected chi connectivity index (χ1v) is 12.1. The summed E-state index contributed by atoms with van der Waals surface area (Å²) >= 11 is 0. The first-order valence-electron chi connectivity index (χ1n) is 12.1. The van der Waals surface area contributed by atoms with E-state index >= 15 is 0 Å². The summed E-state index contributed by atoms with van der Waals surface area (Å²) in [6.45, 7) is 13.2. The van der Waals surface area contributed by atoms with Gasteiger partial charge in [-0.05, 0) is 87.6 Å². The minimum Gasteiger partial charge on any atom is -0.380 e. The maximum absolute atomic E-state index is 3.76. The number of hydrogen-bond donors (Lipinski definition) is 2. The summed E-state index contributed by atoms with van der Waals surface area (Å²) in [6.07, 6.45) is 0. The van der Waals surface area contributed by atoms with Crippen molar-refractivity contribution in [3.8, 4) is 33.4 Å². The van der Waals surface area contributed by atoms with Gasteiger partial charge in [0.15, 0.2) is 0 Å². The summed E-state index contributed by atoms with van der Waals surface area (Å²) in [5, 5.41) is 7.33. The molecule has 0 heterocycles. The van der Waals surface area contributed by atoms with Crippen molar-refractivity contribution in [3.63, 3.8) is 0 Å². The van der Waals surface area contributed by atoms with E-state index in [2.05, 4.69) is 149 Å². The fourth-order valence-electron chi connectivity index (χ4n) is 4.33. The fraction of sp³-hybridized carbons (Fsp3) is 0.250. The SMILES string of the molecule is CC(C)(C)Nc1ccc(-c2ccc(NC(C)(C)C)c(-c3ccccc3)c2-c2ccccc2)cc1. The predicted octanol–water partition coefficient (Wildman–Crippen LogP) is 9.11. The Kier molecular flexibility index (Phi) is 6.52. The van der Waals surface area contributed by atoms with E-state index in [0.29, 0.717) is 0 Å². The number of hydrogen-bond acceptors (Lipinski definition) is 2. The van der Waals surface area contributed by atoms with Crippen LogP contribution in [0.3, 0.4) is 0 Å². The molecule has 0 unspecified atom stereocenters. The van der Waals surface area contributed by atoms with E-state index in [9.17, 15) is 0 Å². The van der Waals surface area contributed by atoms with Gasteiger partial charge in [-0.25, -0.2) is 0 Å². The molecule has 4 aromatic rings. The maximum Gasteiger partial charge on any atom is 0.0430 e. The highest BCUT2D eigenvalue weighted by Crippen LogP contribution is 2.45. The van der Waals surface area contributed by atoms with Crippen LogP contribution in [0, 0.1) is 0 Å². The van der Waals surface area contributed by atoms with Crippen molar-refractivity contribution in [3.05, 3.63) is 97.1 Å². The van der Waals surface area contributed by atoms with Crippen LogP contribution in [0.15, 0.2) is 97.1 Å². The van der Waals surface area contributed by atoms with Crippen LogP contribution < -0.4 is 10.6 Å². The lowest BCUT2D eigenvalue weighted by Crippen LogP contribution is -2.26. The summed E-state index contributed by atoms with van der Waals surface area (Å²) in [5.74, 6) is 0. The van der Waals surface area contributed by atoms with Crippen molar-refractivity contribution in [1.29, 1.82) is 0 Å². The quantitative estimate of drug-likeness (QED) is 0.318. The predicted molar refractivity (Wildman–Crippen MR) is 150 cm³/mol. The molecule has 34 heavy (non-hydrogen) atoms. The molecule has 2 heteroatoms. The van der Waals surface area contributed by atoms with Crippen LogP contribution in [-0.4, -0.2) is 11.1 Å². The van der Waals surface area contributed by atoms with Gasteiger partial charge >= 0.3 is 0 Å². The number of rotatable bonds is 5. The maximum atomic E-state index is 3.76. The molecule has 4 rings (SSSR count). The van der Waals surface area contributed by atoms with Crippen LogP contribution in [0.1, 0.15) is 41.5 Å². The third kappa shape index (κ3) is 5.69. The second kappa shape index (κ2) is 9.38. The van der Waals surface area contributed by atoms with Crippen molar-refractivity contribution in [1.82, 2.24) is 0 Å². The van der Waals surface area contributed by atoms with Gasteiger partial charge in [-0.1, -0.05) is 78.9 Å². The van der Waals surface area contributed by atoms with Crippen molar-refractivity contribution in [2.45, 2.75) is 52.6 Å². The summed E-state index contributed by atoms with van der Waals surface area (Å²) in [7, 11) is 0. The van der Waals surface area contributed by atoms with Gasteiger partial charge in [-0.15, -0.1) is 0 Å². The lowest BCUT2D eigenvalue weighted by Gasteiger charge is -2.27. The Morgan fingerprint density at radius 2 is 0.941 bits per heavy atom. The van der Waals surface area contributed by atoms with Crippen LogP contribution in [0.5, 0.6) is 0 Å². The van der Waals surface area contributed by atoms with Crippen molar-refractivity contribution in [2.75, 3.05) is 10.6 Å².